The van der Waals surface area contributed by atoms with E-state index in [1.165, 1.54) is 36.5 Å². The van der Waals surface area contributed by atoms with Crippen molar-refractivity contribution in [2.75, 3.05) is 0 Å². The van der Waals surface area contributed by atoms with Crippen molar-refractivity contribution in [3.05, 3.63) is 72.2 Å². The number of carbonyl (C=O) groups is 1. The van der Waals surface area contributed by atoms with Crippen molar-refractivity contribution in [2.24, 2.45) is 0 Å². The van der Waals surface area contributed by atoms with Crippen molar-refractivity contribution in [2.45, 2.75) is 11.3 Å². The first-order chi connectivity index (χ1) is 11.5. The van der Waals surface area contributed by atoms with Crippen LogP contribution in [-0.4, -0.2) is 19.3 Å². The predicted octanol–water partition coefficient (Wildman–Crippen LogP) is 2.42. The van der Waals surface area contributed by atoms with Crippen LogP contribution in [-0.2, 0) is 21.2 Å². The van der Waals surface area contributed by atoms with Gasteiger partial charge >= 0.3 is 0 Å². The summed E-state index contributed by atoms with van der Waals surface area (Å²) in [5.41, 5.74) is 0.808. The number of hydrogen-bond donors (Lipinski definition) is 1. The molecule has 0 aliphatic rings. The first-order valence-corrected chi connectivity index (χ1v) is 8.58. The summed E-state index contributed by atoms with van der Waals surface area (Å²) in [4.78, 5) is 16.0. The number of amides is 1. The Hall–Kier alpha value is -2.80. The zero-order chi connectivity index (χ0) is 17.2. The minimum Gasteiger partial charge on any atom is -0.274 e. The second kappa shape index (κ2) is 6.37. The Morgan fingerprint density at radius 2 is 1.75 bits per heavy atom. The van der Waals surface area contributed by atoms with E-state index in [0.29, 0.717) is 16.5 Å². The van der Waals surface area contributed by atoms with E-state index in [2.05, 4.69) is 4.98 Å². The molecule has 3 rings (SSSR count). The molecule has 1 amide bonds. The average molecular weight is 344 g/mol. The fraction of sp³-hybridized carbons (Fsp3) is 0.0588. The Balaban J connectivity index is 1.85. The number of nitrogens with zero attached hydrogens (tertiary/aromatic N) is 1. The zero-order valence-electron chi connectivity index (χ0n) is 12.4. The van der Waals surface area contributed by atoms with Crippen LogP contribution in [0.3, 0.4) is 0 Å². The number of carbonyl (C=O) groups excluding carboxylic acids is 1. The number of pyridine rings is 1. The second-order valence-corrected chi connectivity index (χ2v) is 6.81. The van der Waals surface area contributed by atoms with Crippen molar-refractivity contribution >= 4 is 26.8 Å². The van der Waals surface area contributed by atoms with Crippen LogP contribution in [0.25, 0.3) is 10.9 Å². The summed E-state index contributed by atoms with van der Waals surface area (Å²) in [6, 6.07) is 13.4. The van der Waals surface area contributed by atoms with Crippen molar-refractivity contribution in [1.29, 1.82) is 0 Å². The molecule has 0 aliphatic heterocycles. The van der Waals surface area contributed by atoms with Crippen molar-refractivity contribution in [3.63, 3.8) is 0 Å². The molecule has 7 heteroatoms. The molecule has 0 fully saturated rings. The maximum atomic E-state index is 12.9. The van der Waals surface area contributed by atoms with Gasteiger partial charge in [0.2, 0.25) is 5.91 Å². The number of benzene rings is 2. The van der Waals surface area contributed by atoms with Crippen LogP contribution >= 0.6 is 0 Å². The van der Waals surface area contributed by atoms with Crippen LogP contribution in [0.1, 0.15) is 5.56 Å². The lowest BCUT2D eigenvalue weighted by molar-refractivity contribution is -0.118. The summed E-state index contributed by atoms with van der Waals surface area (Å²) < 4.78 is 39.8. The van der Waals surface area contributed by atoms with Gasteiger partial charge in [0.15, 0.2) is 0 Å². The van der Waals surface area contributed by atoms with Gasteiger partial charge in [0.1, 0.15) is 10.7 Å². The number of nitrogens with one attached hydrogen (secondary N) is 1. The Labute approximate surface area is 138 Å². The highest BCUT2D eigenvalue weighted by atomic mass is 32.2. The molecule has 0 radical (unpaired) electrons. The molecular formula is C17H13FN2O3S. The number of aromatic nitrogens is 1. The molecule has 0 spiro atoms. The summed E-state index contributed by atoms with van der Waals surface area (Å²) >= 11 is 0. The number of para-hydroxylation sites is 1. The molecular weight excluding hydrogens is 331 g/mol. The highest BCUT2D eigenvalue weighted by molar-refractivity contribution is 7.90. The quantitative estimate of drug-likeness (QED) is 0.789. The summed E-state index contributed by atoms with van der Waals surface area (Å²) in [5.74, 6) is -1.12. The highest BCUT2D eigenvalue weighted by Crippen LogP contribution is 2.20. The molecule has 24 heavy (non-hydrogen) atoms. The Kier molecular flexibility index (Phi) is 4.26. The van der Waals surface area contributed by atoms with Gasteiger partial charge in [-0.2, -0.15) is 0 Å². The molecule has 0 bridgehead atoms. The van der Waals surface area contributed by atoms with Gasteiger partial charge in [-0.25, -0.2) is 17.5 Å². The largest absolute Gasteiger partial charge is 0.274 e. The van der Waals surface area contributed by atoms with Crippen LogP contribution in [0, 0.1) is 5.82 Å². The predicted molar refractivity (Wildman–Crippen MR) is 87.2 cm³/mol. The monoisotopic (exact) mass is 344 g/mol. The third kappa shape index (κ3) is 3.41. The summed E-state index contributed by atoms with van der Waals surface area (Å²) in [6.07, 6.45) is 1.32. The molecule has 0 saturated heterocycles. The number of sulfonamides is 1. The molecule has 0 unspecified atom stereocenters. The van der Waals surface area contributed by atoms with E-state index in [-0.39, 0.29) is 11.3 Å². The molecule has 2 aromatic carbocycles. The lowest BCUT2D eigenvalue weighted by Gasteiger charge is -2.09. The van der Waals surface area contributed by atoms with E-state index >= 15 is 0 Å². The van der Waals surface area contributed by atoms with Gasteiger partial charge in [0, 0.05) is 11.6 Å². The van der Waals surface area contributed by atoms with E-state index in [0.717, 1.165) is 0 Å². The molecule has 0 saturated carbocycles. The van der Waals surface area contributed by atoms with E-state index in [1.807, 2.05) is 4.72 Å². The lowest BCUT2D eigenvalue weighted by Crippen LogP contribution is -2.32. The standard InChI is InChI=1S/C17H13FN2O3S/c18-14-8-6-12(7-9-14)11-16(21)20-24(22,23)15-5-1-3-13-4-2-10-19-17(13)15/h1-10H,11H2,(H,20,21). The average Bonchev–Trinajstić information content (AvgIpc) is 2.56. The highest BCUT2D eigenvalue weighted by Gasteiger charge is 2.21. The molecule has 0 atom stereocenters. The topological polar surface area (TPSA) is 76.1 Å². The van der Waals surface area contributed by atoms with Gasteiger partial charge in [0.05, 0.1) is 11.9 Å². The molecule has 0 aliphatic carbocycles. The van der Waals surface area contributed by atoms with Crippen molar-refractivity contribution in [1.82, 2.24) is 9.71 Å². The van der Waals surface area contributed by atoms with Crippen molar-refractivity contribution < 1.29 is 17.6 Å². The fourth-order valence-electron chi connectivity index (χ4n) is 2.32. The molecule has 1 aromatic heterocycles. The summed E-state index contributed by atoms with van der Waals surface area (Å²) in [5, 5.41) is 0.659. The molecule has 1 N–H and O–H groups in total. The van der Waals surface area contributed by atoms with E-state index in [4.69, 9.17) is 0 Å². The molecule has 122 valence electrons. The Bertz CT molecular complexity index is 997. The SMILES string of the molecule is O=C(Cc1ccc(F)cc1)NS(=O)(=O)c1cccc2cccnc12. The molecule has 3 aromatic rings. The third-order valence-electron chi connectivity index (χ3n) is 3.41. The fourth-order valence-corrected chi connectivity index (χ4v) is 3.49. The zero-order valence-corrected chi connectivity index (χ0v) is 13.3. The van der Waals surface area contributed by atoms with Gasteiger partial charge < -0.3 is 0 Å². The number of fused-ring (bicyclic) bond motifs is 1. The molecule has 5 nitrogen and oxygen atoms in total. The van der Waals surface area contributed by atoms with Gasteiger partial charge in [-0.1, -0.05) is 30.3 Å². The van der Waals surface area contributed by atoms with Crippen molar-refractivity contribution in [3.8, 4) is 0 Å². The Morgan fingerprint density at radius 3 is 2.50 bits per heavy atom. The molecule has 1 heterocycles. The first kappa shape index (κ1) is 16.1. The normalized spacial score (nSPS) is 11.4. The third-order valence-corrected chi connectivity index (χ3v) is 4.82. The smallest absolute Gasteiger partial charge is 0.266 e. The maximum Gasteiger partial charge on any atom is 0.266 e. The minimum absolute atomic E-state index is 0.0620. The first-order valence-electron chi connectivity index (χ1n) is 7.09. The lowest BCUT2D eigenvalue weighted by atomic mass is 10.1. The summed E-state index contributed by atoms with van der Waals surface area (Å²) in [6.45, 7) is 0. The van der Waals surface area contributed by atoms with Crippen LogP contribution in [0.15, 0.2) is 65.7 Å². The van der Waals surface area contributed by atoms with Crippen LogP contribution in [0.2, 0.25) is 0 Å². The van der Waals surface area contributed by atoms with Gasteiger partial charge in [0.25, 0.3) is 10.0 Å². The van der Waals surface area contributed by atoms with Gasteiger partial charge in [-0.05, 0) is 29.8 Å². The van der Waals surface area contributed by atoms with Gasteiger partial charge in [-0.3, -0.25) is 9.78 Å². The minimum atomic E-state index is -4.05. The van der Waals surface area contributed by atoms with Gasteiger partial charge in [-0.15, -0.1) is 0 Å². The number of halogens is 1. The maximum absolute atomic E-state index is 12.9. The van der Waals surface area contributed by atoms with E-state index in [9.17, 15) is 17.6 Å². The van der Waals surface area contributed by atoms with Crippen LogP contribution in [0.5, 0.6) is 0 Å². The summed E-state index contributed by atoms with van der Waals surface area (Å²) in [7, 11) is -4.05. The number of rotatable bonds is 4. The van der Waals surface area contributed by atoms with Crippen LogP contribution in [0.4, 0.5) is 4.39 Å². The number of hydrogen-bond acceptors (Lipinski definition) is 4. The van der Waals surface area contributed by atoms with E-state index in [1.54, 1.807) is 24.3 Å². The van der Waals surface area contributed by atoms with Crippen LogP contribution < -0.4 is 4.72 Å². The second-order valence-electron chi connectivity index (χ2n) is 5.16. The van der Waals surface area contributed by atoms with E-state index < -0.39 is 21.7 Å². The Morgan fingerprint density at radius 1 is 1.04 bits per heavy atom.